The van der Waals surface area contributed by atoms with E-state index in [1.54, 1.807) is 6.92 Å². The maximum atomic E-state index is 11.5. The van der Waals surface area contributed by atoms with Crippen LogP contribution in [0.3, 0.4) is 0 Å². The quantitative estimate of drug-likeness (QED) is 0.755. The van der Waals surface area contributed by atoms with Gasteiger partial charge in [0.15, 0.2) is 5.78 Å². The Bertz CT molecular complexity index is 461. The first-order valence-electron chi connectivity index (χ1n) is 4.94. The zero-order valence-electron chi connectivity index (χ0n) is 8.87. The monoisotopic (exact) mass is 203 g/mol. The lowest BCUT2D eigenvalue weighted by Gasteiger charge is -2.16. The van der Waals surface area contributed by atoms with E-state index in [1.807, 2.05) is 19.1 Å². The Morgan fingerprint density at radius 1 is 1.40 bits per heavy atom. The van der Waals surface area contributed by atoms with Gasteiger partial charge in [-0.15, -0.1) is 0 Å². The molecule has 1 aromatic carbocycles. The second-order valence-corrected chi connectivity index (χ2v) is 3.80. The highest BCUT2D eigenvalue weighted by Gasteiger charge is 2.19. The molecule has 3 nitrogen and oxygen atoms in total. The molecule has 0 atom stereocenters. The highest BCUT2D eigenvalue weighted by molar-refractivity contribution is 6.40. The molecular weight excluding hydrogens is 190 g/mol. The minimum atomic E-state index is 0.00992. The van der Waals surface area contributed by atoms with E-state index < -0.39 is 0 Å². The summed E-state index contributed by atoms with van der Waals surface area (Å²) in [5, 5.41) is 9.12. The third-order valence-corrected chi connectivity index (χ3v) is 2.89. The fourth-order valence-corrected chi connectivity index (χ4v) is 1.82. The van der Waals surface area contributed by atoms with Crippen LogP contribution >= 0.6 is 0 Å². The first-order valence-corrected chi connectivity index (χ1v) is 4.94. The lowest BCUT2D eigenvalue weighted by atomic mass is 9.93. The van der Waals surface area contributed by atoms with E-state index in [2.05, 4.69) is 4.99 Å². The highest BCUT2D eigenvalue weighted by Crippen LogP contribution is 2.29. The second-order valence-electron chi connectivity index (χ2n) is 3.80. The molecule has 0 unspecified atom stereocenters. The molecule has 1 N–H and O–H groups in total. The molecule has 15 heavy (non-hydrogen) atoms. The van der Waals surface area contributed by atoms with Gasteiger partial charge in [-0.2, -0.15) is 0 Å². The van der Waals surface area contributed by atoms with Crippen molar-refractivity contribution < 1.29 is 9.90 Å². The first kappa shape index (κ1) is 10.1. The molecule has 3 heteroatoms. The molecule has 1 aromatic rings. The number of carbonyl (C=O) groups is 1. The van der Waals surface area contributed by atoms with Gasteiger partial charge in [0, 0.05) is 6.42 Å². The molecule has 1 heterocycles. The summed E-state index contributed by atoms with van der Waals surface area (Å²) in [5.74, 6) is 0.0701. The normalized spacial score (nSPS) is 14.9. The van der Waals surface area contributed by atoms with Crippen LogP contribution in [0.4, 0.5) is 5.69 Å². The van der Waals surface area contributed by atoms with Crippen molar-refractivity contribution in [1.29, 1.82) is 0 Å². The summed E-state index contributed by atoms with van der Waals surface area (Å²) in [7, 11) is 0. The van der Waals surface area contributed by atoms with Gasteiger partial charge in [0.25, 0.3) is 0 Å². The van der Waals surface area contributed by atoms with Crippen molar-refractivity contribution >= 4 is 17.2 Å². The van der Waals surface area contributed by atoms with Crippen LogP contribution in [0.15, 0.2) is 17.1 Å². The van der Waals surface area contributed by atoms with E-state index in [9.17, 15) is 4.79 Å². The van der Waals surface area contributed by atoms with Crippen molar-refractivity contribution in [2.45, 2.75) is 26.9 Å². The Kier molecular flexibility index (Phi) is 2.40. The van der Waals surface area contributed by atoms with Crippen LogP contribution in [0.5, 0.6) is 0 Å². The summed E-state index contributed by atoms with van der Waals surface area (Å²) in [6, 6.07) is 3.73. The van der Waals surface area contributed by atoms with Crippen LogP contribution in [0.1, 0.15) is 23.6 Å². The van der Waals surface area contributed by atoms with E-state index in [1.165, 1.54) is 0 Å². The maximum Gasteiger partial charge on any atom is 0.181 e. The molecule has 0 bridgehead atoms. The minimum Gasteiger partial charge on any atom is -0.392 e. The number of Topliss-reactive ketones (excluding diaryl/α,β-unsaturated/α-hetero) is 1. The number of nitrogens with zero attached hydrogens (tertiary/aromatic N) is 1. The molecule has 2 rings (SSSR count). The van der Waals surface area contributed by atoms with Crippen molar-refractivity contribution in [3.63, 3.8) is 0 Å². The molecule has 78 valence electrons. The average Bonchev–Trinajstić information content (AvgIpc) is 2.22. The molecule has 0 radical (unpaired) electrons. The number of aliphatic hydroxyl groups excluding tert-OH is 1. The lowest BCUT2D eigenvalue weighted by Crippen LogP contribution is -2.18. The molecule has 1 aliphatic rings. The number of aliphatic hydroxyl groups is 1. The standard InChI is InChI=1S/C12H13NO2/c1-7-9(6-14)3-4-11-10(7)5-12(15)8(2)13-11/h3-4,14H,5-6H2,1-2H3. The Balaban J connectivity index is 2.60. The third-order valence-electron chi connectivity index (χ3n) is 2.89. The van der Waals surface area contributed by atoms with Gasteiger partial charge in [0.2, 0.25) is 0 Å². The zero-order chi connectivity index (χ0) is 11.0. The average molecular weight is 203 g/mol. The van der Waals surface area contributed by atoms with Crippen LogP contribution in [-0.4, -0.2) is 16.6 Å². The van der Waals surface area contributed by atoms with Gasteiger partial charge in [-0.05, 0) is 36.6 Å². The zero-order valence-corrected chi connectivity index (χ0v) is 8.87. The van der Waals surface area contributed by atoms with Crippen molar-refractivity contribution in [2.24, 2.45) is 4.99 Å². The second kappa shape index (κ2) is 3.59. The van der Waals surface area contributed by atoms with E-state index >= 15 is 0 Å². The Morgan fingerprint density at radius 2 is 2.13 bits per heavy atom. The highest BCUT2D eigenvalue weighted by atomic mass is 16.3. The van der Waals surface area contributed by atoms with Crippen molar-refractivity contribution in [2.75, 3.05) is 0 Å². The number of rotatable bonds is 1. The number of benzene rings is 1. The van der Waals surface area contributed by atoms with Gasteiger partial charge in [-0.25, -0.2) is 4.99 Å². The van der Waals surface area contributed by atoms with Gasteiger partial charge in [0.1, 0.15) is 0 Å². The molecule has 0 fully saturated rings. The molecule has 1 aliphatic heterocycles. The number of aliphatic imine (C=N–C) groups is 1. The minimum absolute atomic E-state index is 0.00992. The first-order chi connectivity index (χ1) is 7.13. The molecule has 0 saturated heterocycles. The van der Waals surface area contributed by atoms with Crippen LogP contribution in [-0.2, 0) is 17.8 Å². The van der Waals surface area contributed by atoms with Crippen LogP contribution in [0, 0.1) is 6.92 Å². The number of hydrogen-bond donors (Lipinski definition) is 1. The summed E-state index contributed by atoms with van der Waals surface area (Å²) in [4.78, 5) is 15.8. The summed E-state index contributed by atoms with van der Waals surface area (Å²) in [5.41, 5.74) is 4.24. The molecule has 0 aliphatic carbocycles. The third kappa shape index (κ3) is 1.59. The van der Waals surface area contributed by atoms with Gasteiger partial charge >= 0.3 is 0 Å². The van der Waals surface area contributed by atoms with Gasteiger partial charge in [-0.1, -0.05) is 6.07 Å². The summed E-state index contributed by atoms with van der Waals surface area (Å²) in [6.45, 7) is 3.67. The van der Waals surface area contributed by atoms with E-state index in [-0.39, 0.29) is 12.4 Å². The van der Waals surface area contributed by atoms with Gasteiger partial charge in [-0.3, -0.25) is 4.79 Å². The van der Waals surface area contributed by atoms with E-state index in [4.69, 9.17) is 5.11 Å². The number of ketones is 1. The topological polar surface area (TPSA) is 49.7 Å². The fraction of sp³-hybridized carbons (Fsp3) is 0.333. The molecule has 0 aromatic heterocycles. The maximum absolute atomic E-state index is 11.5. The molecule has 0 spiro atoms. The van der Waals surface area contributed by atoms with Crippen molar-refractivity contribution in [1.82, 2.24) is 0 Å². The number of fused-ring (bicyclic) bond motifs is 1. The Hall–Kier alpha value is -1.48. The molecular formula is C12H13NO2. The van der Waals surface area contributed by atoms with E-state index in [0.717, 1.165) is 22.4 Å². The smallest absolute Gasteiger partial charge is 0.181 e. The summed E-state index contributed by atoms with van der Waals surface area (Å²) < 4.78 is 0. The summed E-state index contributed by atoms with van der Waals surface area (Å²) >= 11 is 0. The van der Waals surface area contributed by atoms with Crippen molar-refractivity contribution in [3.05, 3.63) is 28.8 Å². The Labute approximate surface area is 88.5 Å². The largest absolute Gasteiger partial charge is 0.392 e. The lowest BCUT2D eigenvalue weighted by molar-refractivity contribution is -0.112. The summed E-state index contributed by atoms with van der Waals surface area (Å²) in [6.07, 6.45) is 0.407. The number of hydrogen-bond acceptors (Lipinski definition) is 3. The molecule has 0 saturated carbocycles. The number of carbonyl (C=O) groups excluding carboxylic acids is 1. The van der Waals surface area contributed by atoms with Crippen molar-refractivity contribution in [3.8, 4) is 0 Å². The van der Waals surface area contributed by atoms with E-state index in [0.29, 0.717) is 12.1 Å². The van der Waals surface area contributed by atoms with Crippen LogP contribution < -0.4 is 0 Å². The fourth-order valence-electron chi connectivity index (χ4n) is 1.82. The Morgan fingerprint density at radius 3 is 2.80 bits per heavy atom. The SMILES string of the molecule is CC1=Nc2ccc(CO)c(C)c2CC1=O. The predicted octanol–water partition coefficient (Wildman–Crippen LogP) is 1.70. The predicted molar refractivity (Wildman–Crippen MR) is 58.6 cm³/mol. The van der Waals surface area contributed by atoms with Gasteiger partial charge in [0.05, 0.1) is 18.0 Å². The van der Waals surface area contributed by atoms with Gasteiger partial charge < -0.3 is 5.11 Å². The van der Waals surface area contributed by atoms with Crippen LogP contribution in [0.25, 0.3) is 0 Å². The van der Waals surface area contributed by atoms with Crippen LogP contribution in [0.2, 0.25) is 0 Å². The molecule has 0 amide bonds.